The molecule has 130 valence electrons. The van der Waals surface area contributed by atoms with Gasteiger partial charge in [0.25, 0.3) is 0 Å². The van der Waals surface area contributed by atoms with Gasteiger partial charge in [0.1, 0.15) is 11.2 Å². The van der Waals surface area contributed by atoms with Crippen molar-refractivity contribution in [3.8, 4) is 5.75 Å². The summed E-state index contributed by atoms with van der Waals surface area (Å²) in [4.78, 5) is 13.3. The van der Waals surface area contributed by atoms with Crippen LogP contribution >= 0.6 is 11.6 Å². The predicted octanol–water partition coefficient (Wildman–Crippen LogP) is 4.83. The van der Waals surface area contributed by atoms with Crippen LogP contribution in [0.1, 0.15) is 16.7 Å². The number of carbonyl (C=O) groups is 1. The third-order valence-corrected chi connectivity index (χ3v) is 5.19. The summed E-state index contributed by atoms with van der Waals surface area (Å²) in [5.74, 6) is 0.678. The van der Waals surface area contributed by atoms with Crippen LogP contribution in [-0.2, 0) is 16.6 Å². The van der Waals surface area contributed by atoms with Gasteiger partial charge in [-0.25, -0.2) is 0 Å². The van der Waals surface area contributed by atoms with E-state index in [9.17, 15) is 4.79 Å². The van der Waals surface area contributed by atoms with Crippen molar-refractivity contribution < 1.29 is 9.53 Å². The number of halogens is 1. The summed E-state index contributed by atoms with van der Waals surface area (Å²) in [7, 11) is 1.63. The summed E-state index contributed by atoms with van der Waals surface area (Å²) >= 11 is 6.15. The zero-order valence-corrected chi connectivity index (χ0v) is 15.1. The Morgan fingerprint density at radius 3 is 2.58 bits per heavy atom. The van der Waals surface area contributed by atoms with E-state index in [0.29, 0.717) is 11.4 Å². The first kappa shape index (κ1) is 16.7. The van der Waals surface area contributed by atoms with Gasteiger partial charge in [-0.2, -0.15) is 0 Å². The van der Waals surface area contributed by atoms with E-state index in [-0.39, 0.29) is 5.91 Å². The molecule has 1 unspecified atom stereocenters. The van der Waals surface area contributed by atoms with Crippen LogP contribution in [0.3, 0.4) is 0 Å². The second kappa shape index (κ2) is 6.50. The molecule has 1 aliphatic rings. The Hall–Kier alpha value is -2.78. The van der Waals surface area contributed by atoms with Crippen molar-refractivity contribution in [1.82, 2.24) is 0 Å². The molecule has 4 rings (SSSR count). The number of rotatable bonds is 4. The molecule has 1 atom stereocenters. The molecule has 0 aromatic heterocycles. The van der Waals surface area contributed by atoms with Crippen molar-refractivity contribution in [3.63, 3.8) is 0 Å². The number of hydrogen-bond acceptors (Lipinski definition) is 2. The molecule has 0 fully saturated rings. The first-order valence-electron chi connectivity index (χ1n) is 8.43. The third-order valence-electron chi connectivity index (χ3n) is 4.95. The Morgan fingerprint density at radius 1 is 1.00 bits per heavy atom. The van der Waals surface area contributed by atoms with Crippen LogP contribution in [-0.4, -0.2) is 13.0 Å². The van der Waals surface area contributed by atoms with Gasteiger partial charge in [0, 0.05) is 10.7 Å². The SMILES string of the molecule is COc1cccc(C2(Cc3ccccc3)C(=O)Nc3cc(Cl)ccc32)c1. The summed E-state index contributed by atoms with van der Waals surface area (Å²) in [5, 5.41) is 3.62. The maximum absolute atomic E-state index is 13.3. The van der Waals surface area contributed by atoms with Crippen LogP contribution in [0.2, 0.25) is 5.02 Å². The number of ether oxygens (including phenoxy) is 1. The zero-order valence-electron chi connectivity index (χ0n) is 14.3. The summed E-state index contributed by atoms with van der Waals surface area (Å²) in [6, 6.07) is 23.4. The fourth-order valence-corrected chi connectivity index (χ4v) is 3.87. The van der Waals surface area contributed by atoms with Gasteiger partial charge < -0.3 is 10.1 Å². The molecule has 1 heterocycles. The smallest absolute Gasteiger partial charge is 0.239 e. The van der Waals surface area contributed by atoms with E-state index < -0.39 is 5.41 Å². The van der Waals surface area contributed by atoms with Gasteiger partial charge in [-0.1, -0.05) is 60.1 Å². The standard InChI is InChI=1S/C22H18ClNO2/c1-26-18-9-5-8-16(12-18)22(14-15-6-3-2-4-7-15)19-11-10-17(23)13-20(19)24-21(22)25/h2-13H,14H2,1H3,(H,24,25). The Labute approximate surface area is 157 Å². The van der Waals surface area contributed by atoms with Crippen molar-refractivity contribution in [2.24, 2.45) is 0 Å². The molecule has 0 bridgehead atoms. The number of carbonyl (C=O) groups excluding carboxylic acids is 1. The number of amides is 1. The molecule has 0 radical (unpaired) electrons. The summed E-state index contributed by atoms with van der Waals surface area (Å²) in [5.41, 5.74) is 2.87. The van der Waals surface area contributed by atoms with Crippen molar-refractivity contribution >= 4 is 23.2 Å². The van der Waals surface area contributed by atoms with Crippen molar-refractivity contribution in [2.45, 2.75) is 11.8 Å². The zero-order chi connectivity index (χ0) is 18.1. The van der Waals surface area contributed by atoms with Crippen LogP contribution in [0.4, 0.5) is 5.69 Å². The Kier molecular flexibility index (Phi) is 4.17. The Morgan fingerprint density at radius 2 is 1.81 bits per heavy atom. The summed E-state index contributed by atoms with van der Waals surface area (Å²) in [6.07, 6.45) is 0.557. The minimum Gasteiger partial charge on any atom is -0.497 e. The molecule has 0 spiro atoms. The molecular weight excluding hydrogens is 346 g/mol. The number of benzene rings is 3. The highest BCUT2D eigenvalue weighted by molar-refractivity contribution is 6.31. The lowest BCUT2D eigenvalue weighted by Gasteiger charge is -2.29. The number of nitrogens with one attached hydrogen (secondary N) is 1. The molecule has 1 aliphatic heterocycles. The highest BCUT2D eigenvalue weighted by atomic mass is 35.5. The monoisotopic (exact) mass is 363 g/mol. The second-order valence-electron chi connectivity index (χ2n) is 6.44. The number of fused-ring (bicyclic) bond motifs is 1. The van der Waals surface area contributed by atoms with E-state index in [2.05, 4.69) is 5.32 Å². The molecule has 1 amide bonds. The average molecular weight is 364 g/mol. The lowest BCUT2D eigenvalue weighted by molar-refractivity contribution is -0.119. The number of hydrogen-bond donors (Lipinski definition) is 1. The van der Waals surface area contributed by atoms with E-state index in [4.69, 9.17) is 16.3 Å². The van der Waals surface area contributed by atoms with E-state index in [1.807, 2.05) is 72.8 Å². The van der Waals surface area contributed by atoms with Gasteiger partial charge >= 0.3 is 0 Å². The van der Waals surface area contributed by atoms with Gasteiger partial charge in [0.15, 0.2) is 0 Å². The predicted molar refractivity (Wildman–Crippen MR) is 104 cm³/mol. The summed E-state index contributed by atoms with van der Waals surface area (Å²) in [6.45, 7) is 0. The van der Waals surface area contributed by atoms with Crippen LogP contribution in [0.25, 0.3) is 0 Å². The van der Waals surface area contributed by atoms with Crippen LogP contribution in [0.15, 0.2) is 72.8 Å². The maximum Gasteiger partial charge on any atom is 0.239 e. The van der Waals surface area contributed by atoms with Crippen molar-refractivity contribution in [1.29, 1.82) is 0 Å². The van der Waals surface area contributed by atoms with Crippen LogP contribution in [0, 0.1) is 0 Å². The molecule has 4 heteroatoms. The fraction of sp³-hybridized carbons (Fsp3) is 0.136. The number of methoxy groups -OCH3 is 1. The quantitative estimate of drug-likeness (QED) is 0.721. The lowest BCUT2D eigenvalue weighted by Crippen LogP contribution is -2.38. The van der Waals surface area contributed by atoms with E-state index in [0.717, 1.165) is 28.1 Å². The molecular formula is C22H18ClNO2. The molecule has 0 saturated heterocycles. The normalized spacial score (nSPS) is 18.3. The third kappa shape index (κ3) is 2.65. The van der Waals surface area contributed by atoms with Gasteiger partial charge in [0.2, 0.25) is 5.91 Å². The van der Waals surface area contributed by atoms with Crippen molar-refractivity contribution in [3.05, 3.63) is 94.5 Å². The molecule has 0 saturated carbocycles. The molecule has 3 nitrogen and oxygen atoms in total. The highest BCUT2D eigenvalue weighted by Gasteiger charge is 2.48. The molecule has 26 heavy (non-hydrogen) atoms. The van der Waals surface area contributed by atoms with Crippen LogP contribution in [0.5, 0.6) is 5.75 Å². The molecule has 3 aromatic rings. The largest absolute Gasteiger partial charge is 0.497 e. The Bertz CT molecular complexity index is 971. The Balaban J connectivity index is 1.95. The van der Waals surface area contributed by atoms with Crippen LogP contribution < -0.4 is 10.1 Å². The maximum atomic E-state index is 13.3. The van der Waals surface area contributed by atoms with E-state index >= 15 is 0 Å². The van der Waals surface area contributed by atoms with Gasteiger partial charge in [-0.3, -0.25) is 4.79 Å². The van der Waals surface area contributed by atoms with Crippen molar-refractivity contribution in [2.75, 3.05) is 12.4 Å². The first-order valence-corrected chi connectivity index (χ1v) is 8.81. The minimum absolute atomic E-state index is 0.0492. The summed E-state index contributed by atoms with van der Waals surface area (Å²) < 4.78 is 5.40. The van der Waals surface area contributed by atoms with Gasteiger partial charge in [-0.15, -0.1) is 0 Å². The highest BCUT2D eigenvalue weighted by Crippen LogP contribution is 2.46. The lowest BCUT2D eigenvalue weighted by atomic mass is 9.71. The van der Waals surface area contributed by atoms with Gasteiger partial charge in [0.05, 0.1) is 7.11 Å². The molecule has 0 aliphatic carbocycles. The number of anilines is 1. The van der Waals surface area contributed by atoms with E-state index in [1.54, 1.807) is 7.11 Å². The molecule has 1 N–H and O–H groups in total. The first-order chi connectivity index (χ1) is 12.6. The van der Waals surface area contributed by atoms with Gasteiger partial charge in [-0.05, 0) is 47.4 Å². The average Bonchev–Trinajstić information content (AvgIpc) is 2.94. The second-order valence-corrected chi connectivity index (χ2v) is 6.88. The van der Waals surface area contributed by atoms with E-state index in [1.165, 1.54) is 0 Å². The molecule has 3 aromatic carbocycles. The topological polar surface area (TPSA) is 38.3 Å². The fourth-order valence-electron chi connectivity index (χ4n) is 3.70. The minimum atomic E-state index is -0.824.